The van der Waals surface area contributed by atoms with E-state index in [2.05, 4.69) is 20.4 Å². The molecule has 22 heavy (non-hydrogen) atoms. The first-order valence-corrected chi connectivity index (χ1v) is 7.46. The molecule has 2 aromatic rings. The molecule has 0 spiro atoms. The van der Waals surface area contributed by atoms with E-state index >= 15 is 0 Å². The molecule has 116 valence electrons. The number of ether oxygens (including phenoxy) is 1. The van der Waals surface area contributed by atoms with E-state index in [-0.39, 0.29) is 12.5 Å². The molecule has 2 aromatic heterocycles. The zero-order valence-corrected chi connectivity index (χ0v) is 12.4. The smallest absolute Gasteiger partial charge is 0.257 e. The van der Waals surface area contributed by atoms with Crippen molar-refractivity contribution >= 4 is 5.91 Å². The van der Waals surface area contributed by atoms with E-state index in [4.69, 9.17) is 9.26 Å². The van der Waals surface area contributed by atoms with Crippen molar-refractivity contribution in [1.82, 2.24) is 20.4 Å². The molecule has 1 amide bonds. The summed E-state index contributed by atoms with van der Waals surface area (Å²) >= 11 is 0. The highest BCUT2D eigenvalue weighted by atomic mass is 16.5. The topological polar surface area (TPSA) is 90.1 Å². The van der Waals surface area contributed by atoms with Gasteiger partial charge in [0.25, 0.3) is 5.91 Å². The number of aromatic nitrogens is 3. The van der Waals surface area contributed by atoms with E-state index in [0.29, 0.717) is 35.7 Å². The summed E-state index contributed by atoms with van der Waals surface area (Å²) in [6.45, 7) is 2.51. The van der Waals surface area contributed by atoms with Crippen LogP contribution in [0.15, 0.2) is 22.9 Å². The number of nitrogens with zero attached hydrogens (tertiary/aromatic N) is 3. The third-order valence-corrected chi connectivity index (χ3v) is 3.64. The number of carbonyl (C=O) groups excluding carboxylic acids is 1. The monoisotopic (exact) mass is 302 g/mol. The minimum Gasteiger partial charge on any atom is -0.477 e. The van der Waals surface area contributed by atoms with Gasteiger partial charge in [0.05, 0.1) is 13.2 Å². The van der Waals surface area contributed by atoms with Crippen LogP contribution in [-0.4, -0.2) is 27.6 Å². The van der Waals surface area contributed by atoms with Crippen LogP contribution in [0.25, 0.3) is 0 Å². The van der Waals surface area contributed by atoms with Gasteiger partial charge in [0.2, 0.25) is 11.8 Å². The second kappa shape index (κ2) is 6.55. The molecule has 2 heterocycles. The van der Waals surface area contributed by atoms with Crippen LogP contribution in [0.1, 0.15) is 54.2 Å². The fourth-order valence-electron chi connectivity index (χ4n) is 2.23. The van der Waals surface area contributed by atoms with Crippen molar-refractivity contribution in [2.45, 2.75) is 38.6 Å². The molecule has 1 fully saturated rings. The van der Waals surface area contributed by atoms with Gasteiger partial charge in [-0.3, -0.25) is 4.79 Å². The second-order valence-electron chi connectivity index (χ2n) is 5.15. The number of nitrogens with one attached hydrogen (secondary N) is 1. The number of amides is 1. The maximum Gasteiger partial charge on any atom is 0.257 e. The van der Waals surface area contributed by atoms with Gasteiger partial charge in [-0.05, 0) is 31.9 Å². The third kappa shape index (κ3) is 3.08. The zero-order chi connectivity index (χ0) is 15.4. The molecule has 0 radical (unpaired) electrons. The molecule has 0 saturated heterocycles. The van der Waals surface area contributed by atoms with Crippen LogP contribution in [-0.2, 0) is 6.54 Å². The number of rotatable bonds is 6. The predicted octanol–water partition coefficient (Wildman–Crippen LogP) is 2.06. The van der Waals surface area contributed by atoms with Crippen LogP contribution in [0.3, 0.4) is 0 Å². The molecule has 0 aromatic carbocycles. The van der Waals surface area contributed by atoms with Gasteiger partial charge in [-0.2, -0.15) is 4.98 Å². The van der Waals surface area contributed by atoms with E-state index in [0.717, 1.165) is 12.8 Å². The second-order valence-corrected chi connectivity index (χ2v) is 5.15. The van der Waals surface area contributed by atoms with Crippen LogP contribution in [0, 0.1) is 0 Å². The Hall–Kier alpha value is -2.44. The maximum absolute atomic E-state index is 12.2. The summed E-state index contributed by atoms with van der Waals surface area (Å²) < 4.78 is 10.6. The summed E-state index contributed by atoms with van der Waals surface area (Å²) in [5.41, 5.74) is 0.395. The van der Waals surface area contributed by atoms with E-state index in [1.807, 2.05) is 6.92 Å². The lowest BCUT2D eigenvalue weighted by Gasteiger charge is -2.20. The Morgan fingerprint density at radius 3 is 3.09 bits per heavy atom. The van der Waals surface area contributed by atoms with Gasteiger partial charge in [-0.25, -0.2) is 4.98 Å². The average molecular weight is 302 g/mol. The third-order valence-electron chi connectivity index (χ3n) is 3.64. The highest BCUT2D eigenvalue weighted by Gasteiger charge is 2.25. The quantitative estimate of drug-likeness (QED) is 0.878. The Morgan fingerprint density at radius 1 is 1.50 bits per heavy atom. The summed E-state index contributed by atoms with van der Waals surface area (Å²) in [6.07, 6.45) is 5.00. The molecule has 3 rings (SSSR count). The van der Waals surface area contributed by atoms with Crippen molar-refractivity contribution in [2.24, 2.45) is 0 Å². The van der Waals surface area contributed by atoms with Gasteiger partial charge < -0.3 is 14.6 Å². The summed E-state index contributed by atoms with van der Waals surface area (Å²) in [5.74, 6) is 1.60. The fourth-order valence-corrected chi connectivity index (χ4v) is 2.23. The lowest BCUT2D eigenvalue weighted by molar-refractivity contribution is 0.0945. The van der Waals surface area contributed by atoms with Crippen molar-refractivity contribution in [3.63, 3.8) is 0 Å². The first-order valence-electron chi connectivity index (χ1n) is 7.46. The summed E-state index contributed by atoms with van der Waals surface area (Å²) in [6, 6.07) is 3.36. The average Bonchev–Trinajstić information content (AvgIpc) is 2.92. The molecule has 7 heteroatoms. The van der Waals surface area contributed by atoms with Crippen LogP contribution in [0.5, 0.6) is 5.88 Å². The van der Waals surface area contributed by atoms with Gasteiger partial charge in [0.15, 0.2) is 5.82 Å². The largest absolute Gasteiger partial charge is 0.477 e. The SMILES string of the molecule is CCOc1ncccc1C(=O)NCc1noc(C2CCC2)n1. The highest BCUT2D eigenvalue weighted by Crippen LogP contribution is 2.35. The molecule has 0 unspecified atom stereocenters. The molecular formula is C15H18N4O3. The zero-order valence-electron chi connectivity index (χ0n) is 12.4. The molecule has 7 nitrogen and oxygen atoms in total. The van der Waals surface area contributed by atoms with Gasteiger partial charge in [-0.1, -0.05) is 11.6 Å². The lowest BCUT2D eigenvalue weighted by Crippen LogP contribution is -2.24. The minimum atomic E-state index is -0.272. The lowest BCUT2D eigenvalue weighted by atomic mass is 9.85. The van der Waals surface area contributed by atoms with Crippen molar-refractivity contribution in [3.8, 4) is 5.88 Å². The number of carbonyl (C=O) groups is 1. The Balaban J connectivity index is 1.61. The molecule has 1 aliphatic carbocycles. The first kappa shape index (κ1) is 14.5. The van der Waals surface area contributed by atoms with E-state index in [1.54, 1.807) is 18.3 Å². The molecule has 1 aliphatic rings. The molecule has 0 bridgehead atoms. The Labute approximate surface area is 128 Å². The Kier molecular flexibility index (Phi) is 4.32. The molecule has 1 saturated carbocycles. The van der Waals surface area contributed by atoms with E-state index < -0.39 is 0 Å². The molecule has 0 atom stereocenters. The Bertz CT molecular complexity index is 652. The first-order chi connectivity index (χ1) is 10.8. The van der Waals surface area contributed by atoms with Gasteiger partial charge in [0.1, 0.15) is 5.56 Å². The van der Waals surface area contributed by atoms with Gasteiger partial charge in [0, 0.05) is 12.1 Å². The maximum atomic E-state index is 12.2. The number of hydrogen-bond acceptors (Lipinski definition) is 6. The molecular weight excluding hydrogens is 284 g/mol. The normalized spacial score (nSPS) is 14.4. The highest BCUT2D eigenvalue weighted by molar-refractivity contribution is 5.96. The Morgan fingerprint density at radius 2 is 2.36 bits per heavy atom. The van der Waals surface area contributed by atoms with Gasteiger partial charge >= 0.3 is 0 Å². The van der Waals surface area contributed by atoms with Crippen LogP contribution >= 0.6 is 0 Å². The van der Waals surface area contributed by atoms with Crippen molar-refractivity contribution in [3.05, 3.63) is 35.6 Å². The van der Waals surface area contributed by atoms with E-state index in [1.165, 1.54) is 6.42 Å². The van der Waals surface area contributed by atoms with Gasteiger partial charge in [-0.15, -0.1) is 0 Å². The summed E-state index contributed by atoms with van der Waals surface area (Å²) in [5, 5.41) is 6.65. The van der Waals surface area contributed by atoms with Crippen LogP contribution < -0.4 is 10.1 Å². The van der Waals surface area contributed by atoms with Crippen molar-refractivity contribution < 1.29 is 14.1 Å². The number of hydrogen-bond donors (Lipinski definition) is 1. The summed E-state index contributed by atoms with van der Waals surface area (Å²) in [7, 11) is 0. The molecule has 1 N–H and O–H groups in total. The van der Waals surface area contributed by atoms with Crippen molar-refractivity contribution in [1.29, 1.82) is 0 Å². The number of pyridine rings is 1. The summed E-state index contributed by atoms with van der Waals surface area (Å²) in [4.78, 5) is 20.6. The van der Waals surface area contributed by atoms with E-state index in [9.17, 15) is 4.79 Å². The van der Waals surface area contributed by atoms with Crippen LogP contribution in [0.2, 0.25) is 0 Å². The minimum absolute atomic E-state index is 0.218. The fraction of sp³-hybridized carbons (Fsp3) is 0.467. The standard InChI is InChI=1S/C15H18N4O3/c1-2-21-15-11(7-4-8-16-15)13(20)17-9-12-18-14(22-19-12)10-5-3-6-10/h4,7-8,10H,2-3,5-6,9H2,1H3,(H,17,20). The van der Waals surface area contributed by atoms with Crippen molar-refractivity contribution in [2.75, 3.05) is 6.61 Å². The van der Waals surface area contributed by atoms with Crippen LogP contribution in [0.4, 0.5) is 0 Å². The predicted molar refractivity (Wildman–Crippen MR) is 77.5 cm³/mol. The molecule has 0 aliphatic heterocycles.